The molecule has 1 aromatic rings. The predicted molar refractivity (Wildman–Crippen MR) is 54.6 cm³/mol. The van der Waals surface area contributed by atoms with Gasteiger partial charge in [-0.3, -0.25) is 4.57 Å². The summed E-state index contributed by atoms with van der Waals surface area (Å²) in [6, 6.07) is -1.54. The third-order valence-corrected chi connectivity index (χ3v) is 3.16. The van der Waals surface area contributed by atoms with Crippen molar-refractivity contribution in [1.82, 2.24) is 9.55 Å². The number of aliphatic hydroxyl groups is 3. The van der Waals surface area contributed by atoms with Crippen molar-refractivity contribution in [3.05, 3.63) is 22.5 Å². The third-order valence-electron chi connectivity index (χ3n) is 3.16. The third kappa shape index (κ3) is 1.51. The van der Waals surface area contributed by atoms with Gasteiger partial charge in [-0.2, -0.15) is 4.98 Å². The Kier molecular flexibility index (Phi) is 2.65. The van der Waals surface area contributed by atoms with Gasteiger partial charge in [-0.1, -0.05) is 0 Å². The average Bonchev–Trinajstić information content (AvgIpc) is 2.30. The second kappa shape index (κ2) is 3.70. The van der Waals surface area contributed by atoms with Gasteiger partial charge in [0.05, 0.1) is 6.61 Å². The minimum atomic E-state index is -3.25. The lowest BCUT2D eigenvalue weighted by atomic mass is 9.70. The zero-order valence-corrected chi connectivity index (χ0v) is 9.05. The molecule has 5 N–H and O–H groups in total. The second-order valence-electron chi connectivity index (χ2n) is 4.25. The number of nitrogens with two attached hydrogens (primary N) is 1. The molecule has 0 spiro atoms. The van der Waals surface area contributed by atoms with E-state index in [1.165, 1.54) is 0 Å². The highest BCUT2D eigenvalue weighted by atomic mass is 19.2. The first kappa shape index (κ1) is 12.9. The van der Waals surface area contributed by atoms with Crippen LogP contribution in [0.2, 0.25) is 0 Å². The van der Waals surface area contributed by atoms with Crippen LogP contribution in [0.15, 0.2) is 11.0 Å². The summed E-state index contributed by atoms with van der Waals surface area (Å²) in [6.07, 6.45) is 0.137. The Morgan fingerprint density at radius 2 is 2.22 bits per heavy atom. The lowest BCUT2D eigenvalue weighted by Crippen LogP contribution is -2.69. The molecule has 1 aliphatic carbocycles. The van der Waals surface area contributed by atoms with Crippen molar-refractivity contribution >= 4 is 5.82 Å². The van der Waals surface area contributed by atoms with Gasteiger partial charge in [0.1, 0.15) is 6.04 Å². The van der Waals surface area contributed by atoms with E-state index in [9.17, 15) is 23.8 Å². The number of hydrogen-bond donors (Lipinski definition) is 4. The van der Waals surface area contributed by atoms with Crippen molar-refractivity contribution in [3.63, 3.8) is 0 Å². The number of alkyl halides is 1. The maximum Gasteiger partial charge on any atom is 0.350 e. The molecule has 2 rings (SSSR count). The number of rotatable bonds is 2. The SMILES string of the molecule is Nc1nc(=O)n([C@@H]2C[C@](O)(CO)[C@@]2(O)F)cc1F. The molecule has 0 aromatic carbocycles. The first-order valence-electron chi connectivity index (χ1n) is 5.01. The van der Waals surface area contributed by atoms with Crippen LogP contribution >= 0.6 is 0 Å². The van der Waals surface area contributed by atoms with Crippen LogP contribution in [0.3, 0.4) is 0 Å². The predicted octanol–water partition coefficient (Wildman–Crippen LogP) is -1.71. The summed E-state index contributed by atoms with van der Waals surface area (Å²) in [5.74, 6) is -4.95. The Balaban J connectivity index is 2.42. The number of aliphatic hydroxyl groups excluding tert-OH is 1. The van der Waals surface area contributed by atoms with E-state index < -0.39 is 47.9 Å². The Morgan fingerprint density at radius 3 is 2.72 bits per heavy atom. The van der Waals surface area contributed by atoms with Gasteiger partial charge in [0.15, 0.2) is 17.2 Å². The lowest BCUT2D eigenvalue weighted by Gasteiger charge is -2.51. The van der Waals surface area contributed by atoms with E-state index in [0.717, 1.165) is 0 Å². The molecule has 9 heteroatoms. The largest absolute Gasteiger partial charge is 0.393 e. The fourth-order valence-electron chi connectivity index (χ4n) is 1.92. The molecule has 0 unspecified atom stereocenters. The first-order valence-corrected chi connectivity index (χ1v) is 5.01. The zero-order valence-electron chi connectivity index (χ0n) is 9.05. The van der Waals surface area contributed by atoms with Gasteiger partial charge < -0.3 is 21.1 Å². The fourth-order valence-corrected chi connectivity index (χ4v) is 1.92. The van der Waals surface area contributed by atoms with E-state index in [1.54, 1.807) is 0 Å². The highest BCUT2D eigenvalue weighted by molar-refractivity contribution is 5.27. The Labute approximate surface area is 99.1 Å². The van der Waals surface area contributed by atoms with E-state index >= 15 is 0 Å². The minimum Gasteiger partial charge on any atom is -0.393 e. The first-order chi connectivity index (χ1) is 8.23. The number of halogens is 2. The average molecular weight is 263 g/mol. The number of nitrogens with zero attached hydrogens (tertiary/aromatic N) is 2. The van der Waals surface area contributed by atoms with E-state index in [0.29, 0.717) is 10.8 Å². The van der Waals surface area contributed by atoms with Crippen LogP contribution in [0.5, 0.6) is 0 Å². The maximum atomic E-state index is 13.8. The molecule has 0 saturated heterocycles. The van der Waals surface area contributed by atoms with Crippen molar-refractivity contribution in [2.24, 2.45) is 0 Å². The topological polar surface area (TPSA) is 122 Å². The van der Waals surface area contributed by atoms with Crippen molar-refractivity contribution < 1.29 is 24.1 Å². The van der Waals surface area contributed by atoms with Crippen LogP contribution in [-0.4, -0.2) is 42.9 Å². The van der Waals surface area contributed by atoms with Gasteiger partial charge >= 0.3 is 5.69 Å². The molecule has 0 bridgehead atoms. The Hall–Kier alpha value is -1.58. The van der Waals surface area contributed by atoms with Gasteiger partial charge in [0, 0.05) is 12.6 Å². The van der Waals surface area contributed by atoms with Crippen LogP contribution in [0.4, 0.5) is 14.6 Å². The minimum absolute atomic E-state index is 0.457. The molecule has 1 fully saturated rings. The monoisotopic (exact) mass is 263 g/mol. The van der Waals surface area contributed by atoms with Gasteiger partial charge in [-0.15, -0.1) is 0 Å². The van der Waals surface area contributed by atoms with Crippen LogP contribution in [0, 0.1) is 5.82 Å². The molecular weight excluding hydrogens is 252 g/mol. The fraction of sp³-hybridized carbons (Fsp3) is 0.556. The lowest BCUT2D eigenvalue weighted by molar-refractivity contribution is -0.330. The summed E-state index contributed by atoms with van der Waals surface area (Å²) in [5, 5.41) is 27.6. The van der Waals surface area contributed by atoms with Gasteiger partial charge in [-0.05, 0) is 0 Å². The Morgan fingerprint density at radius 1 is 1.61 bits per heavy atom. The van der Waals surface area contributed by atoms with E-state index in [-0.39, 0.29) is 0 Å². The van der Waals surface area contributed by atoms with Crippen LogP contribution in [-0.2, 0) is 0 Å². The maximum absolute atomic E-state index is 13.8. The number of anilines is 1. The summed E-state index contributed by atoms with van der Waals surface area (Å²) in [5.41, 5.74) is 1.61. The number of aromatic nitrogens is 2. The second-order valence-corrected chi connectivity index (χ2v) is 4.25. The molecule has 1 aliphatic rings. The van der Waals surface area contributed by atoms with E-state index in [2.05, 4.69) is 4.98 Å². The number of hydrogen-bond acceptors (Lipinski definition) is 6. The van der Waals surface area contributed by atoms with E-state index in [1.807, 2.05) is 0 Å². The van der Waals surface area contributed by atoms with Gasteiger partial charge in [0.2, 0.25) is 0 Å². The molecule has 7 nitrogen and oxygen atoms in total. The highest BCUT2D eigenvalue weighted by Crippen LogP contribution is 2.50. The normalized spacial score (nSPS) is 35.3. The van der Waals surface area contributed by atoms with Crippen molar-refractivity contribution in [3.8, 4) is 0 Å². The molecule has 0 amide bonds. The summed E-state index contributed by atoms with van der Waals surface area (Å²) in [6.45, 7) is -1.03. The standard InChI is InChI=1S/C9H11F2N3O4/c10-4-2-14(7(16)13-6(4)12)5-1-8(17,3-15)9(5,11)18/h2,5,15,17-18H,1,3H2,(H2,12,13,16)/t5-,8+,9-/m1/s1. The molecular formula is C9H11F2N3O4. The van der Waals surface area contributed by atoms with Gasteiger partial charge in [0.25, 0.3) is 5.85 Å². The number of nitrogen functional groups attached to an aromatic ring is 1. The quantitative estimate of drug-likeness (QED) is 0.504. The molecule has 0 radical (unpaired) electrons. The molecule has 1 aromatic heterocycles. The Bertz CT molecular complexity index is 547. The molecule has 0 aliphatic heterocycles. The molecule has 1 saturated carbocycles. The highest BCUT2D eigenvalue weighted by Gasteiger charge is 2.67. The smallest absolute Gasteiger partial charge is 0.350 e. The van der Waals surface area contributed by atoms with Crippen LogP contribution < -0.4 is 11.4 Å². The van der Waals surface area contributed by atoms with E-state index in [4.69, 9.17) is 10.8 Å². The molecule has 3 atom stereocenters. The molecule has 18 heavy (non-hydrogen) atoms. The summed E-state index contributed by atoms with van der Waals surface area (Å²) in [4.78, 5) is 14.5. The molecule has 100 valence electrons. The van der Waals surface area contributed by atoms with Crippen LogP contribution in [0.1, 0.15) is 12.5 Å². The summed E-state index contributed by atoms with van der Waals surface area (Å²) >= 11 is 0. The van der Waals surface area contributed by atoms with Gasteiger partial charge in [-0.25, -0.2) is 13.6 Å². The van der Waals surface area contributed by atoms with Crippen molar-refractivity contribution in [2.75, 3.05) is 12.3 Å². The zero-order chi connectivity index (χ0) is 13.7. The van der Waals surface area contributed by atoms with Crippen molar-refractivity contribution in [2.45, 2.75) is 23.9 Å². The van der Waals surface area contributed by atoms with Crippen molar-refractivity contribution in [1.29, 1.82) is 0 Å². The van der Waals surface area contributed by atoms with Crippen LogP contribution in [0.25, 0.3) is 0 Å². The molecule has 1 heterocycles. The summed E-state index contributed by atoms with van der Waals surface area (Å²) in [7, 11) is 0. The summed E-state index contributed by atoms with van der Waals surface area (Å²) < 4.78 is 27.5.